The maximum Gasteiger partial charge on any atom is 0.0618 e. The van der Waals surface area contributed by atoms with E-state index in [1.807, 2.05) is 7.11 Å². The van der Waals surface area contributed by atoms with Gasteiger partial charge in [0.2, 0.25) is 0 Å². The van der Waals surface area contributed by atoms with Crippen molar-refractivity contribution in [2.75, 3.05) is 33.4 Å². The molecule has 2 aliphatic heterocycles. The van der Waals surface area contributed by atoms with E-state index in [0.717, 1.165) is 18.4 Å². The van der Waals surface area contributed by atoms with Crippen LogP contribution in [0.15, 0.2) is 0 Å². The first-order valence-electron chi connectivity index (χ1n) is 6.57. The van der Waals surface area contributed by atoms with E-state index in [4.69, 9.17) is 4.74 Å². The topological polar surface area (TPSA) is 24.5 Å². The SMILES string of the molecule is CCC(COC)N1CC2CNCC2C1(C)C. The predicted molar refractivity (Wildman–Crippen MR) is 66.6 cm³/mol. The summed E-state index contributed by atoms with van der Waals surface area (Å²) < 4.78 is 5.37. The van der Waals surface area contributed by atoms with Crippen molar-refractivity contribution in [3.8, 4) is 0 Å². The molecule has 0 bridgehead atoms. The van der Waals surface area contributed by atoms with Crippen molar-refractivity contribution in [3.05, 3.63) is 0 Å². The number of ether oxygens (including phenoxy) is 1. The Hall–Kier alpha value is -0.120. The lowest BCUT2D eigenvalue weighted by Crippen LogP contribution is -2.51. The largest absolute Gasteiger partial charge is 0.383 e. The highest BCUT2D eigenvalue weighted by Crippen LogP contribution is 2.42. The number of methoxy groups -OCH3 is 1. The third-order valence-electron chi connectivity index (χ3n) is 4.69. The zero-order valence-corrected chi connectivity index (χ0v) is 11.1. The molecule has 3 nitrogen and oxygen atoms in total. The first-order valence-corrected chi connectivity index (χ1v) is 6.57. The molecule has 0 aromatic rings. The second kappa shape index (κ2) is 4.63. The maximum absolute atomic E-state index is 5.37. The Morgan fingerprint density at radius 1 is 1.44 bits per heavy atom. The van der Waals surface area contributed by atoms with E-state index >= 15 is 0 Å². The number of nitrogens with one attached hydrogen (secondary N) is 1. The van der Waals surface area contributed by atoms with E-state index in [1.54, 1.807) is 0 Å². The first-order chi connectivity index (χ1) is 7.61. The van der Waals surface area contributed by atoms with E-state index < -0.39 is 0 Å². The third kappa shape index (κ3) is 1.89. The minimum absolute atomic E-state index is 0.327. The summed E-state index contributed by atoms with van der Waals surface area (Å²) in [5, 5.41) is 3.53. The predicted octanol–water partition coefficient (Wildman–Crippen LogP) is 1.34. The van der Waals surface area contributed by atoms with Crippen LogP contribution in [-0.2, 0) is 4.74 Å². The molecule has 1 N–H and O–H groups in total. The number of hydrogen-bond donors (Lipinski definition) is 1. The van der Waals surface area contributed by atoms with Gasteiger partial charge in [-0.1, -0.05) is 6.92 Å². The fourth-order valence-corrected chi connectivity index (χ4v) is 3.69. The smallest absolute Gasteiger partial charge is 0.0618 e. The Morgan fingerprint density at radius 2 is 2.19 bits per heavy atom. The van der Waals surface area contributed by atoms with Gasteiger partial charge in [0, 0.05) is 31.8 Å². The zero-order chi connectivity index (χ0) is 11.8. The molecule has 94 valence electrons. The zero-order valence-electron chi connectivity index (χ0n) is 11.1. The van der Waals surface area contributed by atoms with Gasteiger partial charge < -0.3 is 10.1 Å². The van der Waals surface area contributed by atoms with Crippen molar-refractivity contribution in [1.29, 1.82) is 0 Å². The Kier molecular flexibility index (Phi) is 3.57. The highest BCUT2D eigenvalue weighted by molar-refractivity contribution is 5.06. The summed E-state index contributed by atoms with van der Waals surface area (Å²) >= 11 is 0. The van der Waals surface area contributed by atoms with Crippen molar-refractivity contribution in [1.82, 2.24) is 10.2 Å². The van der Waals surface area contributed by atoms with Gasteiger partial charge in [0.15, 0.2) is 0 Å². The number of fused-ring (bicyclic) bond motifs is 1. The summed E-state index contributed by atoms with van der Waals surface area (Å²) in [6.07, 6.45) is 1.18. The average Bonchev–Trinajstić information content (AvgIpc) is 2.78. The summed E-state index contributed by atoms with van der Waals surface area (Å²) in [6.45, 7) is 11.6. The minimum Gasteiger partial charge on any atom is -0.383 e. The third-order valence-corrected chi connectivity index (χ3v) is 4.69. The van der Waals surface area contributed by atoms with E-state index in [-0.39, 0.29) is 0 Å². The molecule has 0 aromatic heterocycles. The van der Waals surface area contributed by atoms with Crippen molar-refractivity contribution in [2.45, 2.75) is 38.8 Å². The Morgan fingerprint density at radius 3 is 2.75 bits per heavy atom. The molecule has 2 aliphatic rings. The molecule has 3 atom stereocenters. The van der Waals surface area contributed by atoms with Gasteiger partial charge in [-0.05, 0) is 38.6 Å². The van der Waals surface area contributed by atoms with Crippen molar-refractivity contribution in [3.63, 3.8) is 0 Å². The molecule has 0 aromatic carbocycles. The molecule has 0 aliphatic carbocycles. The van der Waals surface area contributed by atoms with E-state index in [9.17, 15) is 0 Å². The van der Waals surface area contributed by atoms with Crippen LogP contribution in [0.3, 0.4) is 0 Å². The number of likely N-dealkylation sites (tertiary alicyclic amines) is 1. The highest BCUT2D eigenvalue weighted by atomic mass is 16.5. The van der Waals surface area contributed by atoms with Gasteiger partial charge in [-0.25, -0.2) is 0 Å². The summed E-state index contributed by atoms with van der Waals surface area (Å²) in [4.78, 5) is 2.69. The van der Waals surface area contributed by atoms with Crippen LogP contribution in [0.4, 0.5) is 0 Å². The van der Waals surface area contributed by atoms with Gasteiger partial charge >= 0.3 is 0 Å². The Balaban J connectivity index is 2.10. The number of hydrogen-bond acceptors (Lipinski definition) is 3. The number of nitrogens with zero attached hydrogens (tertiary/aromatic N) is 1. The molecule has 3 unspecified atom stereocenters. The molecule has 0 saturated carbocycles. The molecule has 3 heteroatoms. The van der Waals surface area contributed by atoms with Crippen molar-refractivity contribution < 1.29 is 4.74 Å². The normalized spacial score (nSPS) is 35.2. The van der Waals surface area contributed by atoms with Crippen LogP contribution >= 0.6 is 0 Å². The Labute approximate surface area is 99.5 Å². The molecule has 2 rings (SSSR count). The Bertz CT molecular complexity index is 242. The summed E-state index contributed by atoms with van der Waals surface area (Å²) in [5.74, 6) is 1.67. The fourth-order valence-electron chi connectivity index (χ4n) is 3.69. The monoisotopic (exact) mass is 226 g/mol. The van der Waals surface area contributed by atoms with Gasteiger partial charge in [-0.2, -0.15) is 0 Å². The molecular formula is C13H26N2O. The quantitative estimate of drug-likeness (QED) is 0.783. The van der Waals surface area contributed by atoms with Crippen LogP contribution in [0, 0.1) is 11.8 Å². The average molecular weight is 226 g/mol. The first kappa shape index (κ1) is 12.3. The van der Waals surface area contributed by atoms with E-state index in [0.29, 0.717) is 11.6 Å². The van der Waals surface area contributed by atoms with Crippen molar-refractivity contribution in [2.24, 2.45) is 11.8 Å². The molecule has 0 spiro atoms. The van der Waals surface area contributed by atoms with Crippen LogP contribution in [0.5, 0.6) is 0 Å². The maximum atomic E-state index is 5.37. The standard InChI is InChI=1S/C13H26N2O/c1-5-11(9-16-4)15-8-10-6-14-7-12(10)13(15,2)3/h10-12,14H,5-9H2,1-4H3. The fraction of sp³-hybridized carbons (Fsp3) is 1.00. The lowest BCUT2D eigenvalue weighted by molar-refractivity contribution is 0.0352. The molecule has 2 fully saturated rings. The summed E-state index contributed by atoms with van der Waals surface area (Å²) in [7, 11) is 1.81. The van der Waals surface area contributed by atoms with Crippen LogP contribution in [-0.4, -0.2) is 49.8 Å². The van der Waals surface area contributed by atoms with Crippen LogP contribution in [0.25, 0.3) is 0 Å². The second-order valence-electron chi connectivity index (χ2n) is 5.85. The van der Waals surface area contributed by atoms with Crippen LogP contribution in [0.2, 0.25) is 0 Å². The summed E-state index contributed by atoms with van der Waals surface area (Å²) in [5.41, 5.74) is 0.327. The minimum atomic E-state index is 0.327. The molecular weight excluding hydrogens is 200 g/mol. The van der Waals surface area contributed by atoms with E-state index in [1.165, 1.54) is 26.1 Å². The highest BCUT2D eigenvalue weighted by Gasteiger charge is 2.50. The molecule has 0 radical (unpaired) electrons. The van der Waals surface area contributed by atoms with Gasteiger partial charge in [-0.3, -0.25) is 4.90 Å². The van der Waals surface area contributed by atoms with Gasteiger partial charge in [0.1, 0.15) is 0 Å². The number of rotatable bonds is 4. The van der Waals surface area contributed by atoms with Crippen LogP contribution < -0.4 is 5.32 Å². The van der Waals surface area contributed by atoms with Crippen LogP contribution in [0.1, 0.15) is 27.2 Å². The van der Waals surface area contributed by atoms with Gasteiger partial charge in [0.05, 0.1) is 6.61 Å². The summed E-state index contributed by atoms with van der Waals surface area (Å²) in [6, 6.07) is 0.589. The van der Waals surface area contributed by atoms with Gasteiger partial charge in [0.25, 0.3) is 0 Å². The molecule has 0 amide bonds. The van der Waals surface area contributed by atoms with Crippen molar-refractivity contribution >= 4 is 0 Å². The second-order valence-corrected chi connectivity index (χ2v) is 5.85. The lowest BCUT2D eigenvalue weighted by atomic mass is 9.84. The molecule has 2 saturated heterocycles. The molecule has 2 heterocycles. The van der Waals surface area contributed by atoms with E-state index in [2.05, 4.69) is 31.0 Å². The molecule has 16 heavy (non-hydrogen) atoms. The lowest BCUT2D eigenvalue weighted by Gasteiger charge is -2.40. The van der Waals surface area contributed by atoms with Gasteiger partial charge in [-0.15, -0.1) is 0 Å².